The molecule has 3 heterocycles. The predicted molar refractivity (Wildman–Crippen MR) is 182 cm³/mol. The van der Waals surface area contributed by atoms with Crippen molar-refractivity contribution in [3.05, 3.63) is 156 Å². The van der Waals surface area contributed by atoms with Crippen LogP contribution in [0.3, 0.4) is 0 Å². The quantitative estimate of drug-likeness (QED) is 0.194. The lowest BCUT2D eigenvalue weighted by Gasteiger charge is -2.17. The minimum atomic E-state index is -1.54. The monoisotopic (exact) mass is 749 g/mol. The maximum absolute atomic E-state index is 15.0. The van der Waals surface area contributed by atoms with Crippen LogP contribution < -0.4 is 20.7 Å². The molecule has 0 spiro atoms. The molecule has 6 rings (SSSR count). The number of ether oxygens (including phenoxy) is 4. The van der Waals surface area contributed by atoms with Gasteiger partial charge < -0.3 is 24.1 Å². The van der Waals surface area contributed by atoms with E-state index in [1.54, 1.807) is 42.5 Å². The molecule has 1 N–H and O–H groups in total. The fourth-order valence-corrected chi connectivity index (χ4v) is 5.51. The van der Waals surface area contributed by atoms with Crippen molar-refractivity contribution in [2.45, 2.75) is 31.5 Å². The van der Waals surface area contributed by atoms with E-state index >= 15 is 4.39 Å². The third-order valence-corrected chi connectivity index (χ3v) is 8.39. The molecule has 3 atom stereocenters. The molecular formula is C36H26Cl2FN3O10. The topological polar surface area (TPSA) is 165 Å². The summed E-state index contributed by atoms with van der Waals surface area (Å²) in [6.07, 6.45) is -2.28. The summed E-state index contributed by atoms with van der Waals surface area (Å²) in [6, 6.07) is 22.3. The van der Waals surface area contributed by atoms with Crippen molar-refractivity contribution in [1.29, 1.82) is 0 Å². The molecule has 13 nitrogen and oxygen atoms in total. The first kappa shape index (κ1) is 36.3. The van der Waals surface area contributed by atoms with Crippen LogP contribution >= 0.6 is 23.2 Å². The Morgan fingerprint density at radius 1 is 0.885 bits per heavy atom. The molecule has 3 aromatic carbocycles. The van der Waals surface area contributed by atoms with Gasteiger partial charge in [0.2, 0.25) is 17.6 Å². The van der Waals surface area contributed by atoms with Crippen molar-refractivity contribution in [3.8, 4) is 11.8 Å². The van der Waals surface area contributed by atoms with Gasteiger partial charge in [-0.2, -0.15) is 13.9 Å². The van der Waals surface area contributed by atoms with Crippen LogP contribution in [0.5, 0.6) is 11.8 Å². The molecule has 1 saturated heterocycles. The van der Waals surface area contributed by atoms with Gasteiger partial charge in [0.15, 0.2) is 0 Å². The Kier molecular flexibility index (Phi) is 11.0. The molecule has 0 radical (unpaired) electrons. The zero-order valence-electron chi connectivity index (χ0n) is 26.7. The van der Waals surface area contributed by atoms with E-state index in [2.05, 4.69) is 4.98 Å². The van der Waals surface area contributed by atoms with Crippen molar-refractivity contribution in [1.82, 2.24) is 14.1 Å². The lowest BCUT2D eigenvalue weighted by Crippen LogP contribution is -2.46. The van der Waals surface area contributed by atoms with Gasteiger partial charge in [-0.05, 0) is 54.1 Å². The third-order valence-electron chi connectivity index (χ3n) is 7.85. The van der Waals surface area contributed by atoms with Gasteiger partial charge in [-0.1, -0.05) is 59.6 Å². The first-order valence-corrected chi connectivity index (χ1v) is 16.2. The van der Waals surface area contributed by atoms with E-state index in [4.69, 9.17) is 42.1 Å². The fourth-order valence-electron chi connectivity index (χ4n) is 5.24. The van der Waals surface area contributed by atoms with Crippen molar-refractivity contribution in [2.24, 2.45) is 0 Å². The maximum atomic E-state index is 15.0. The van der Waals surface area contributed by atoms with Crippen molar-refractivity contribution in [2.75, 3.05) is 6.61 Å². The zero-order chi connectivity index (χ0) is 36.9. The first-order chi connectivity index (χ1) is 25.0. The number of nitrogens with zero attached hydrogens (tertiary/aromatic N) is 3. The molecule has 0 aliphatic carbocycles. The number of aromatic nitrogens is 3. The van der Waals surface area contributed by atoms with E-state index in [9.17, 15) is 29.1 Å². The van der Waals surface area contributed by atoms with Crippen LogP contribution in [0.15, 0.2) is 107 Å². The van der Waals surface area contributed by atoms with Gasteiger partial charge in [-0.3, -0.25) is 14.2 Å². The number of pyridine rings is 1. The predicted octanol–water partition coefficient (Wildman–Crippen LogP) is 4.84. The molecule has 1 aliphatic rings. The average Bonchev–Trinajstić information content (AvgIpc) is 3.57. The Morgan fingerprint density at radius 2 is 1.58 bits per heavy atom. The van der Waals surface area contributed by atoms with Gasteiger partial charge in [0.25, 0.3) is 11.5 Å². The molecule has 2 aromatic heterocycles. The fraction of sp³-hybridized carbons (Fsp3) is 0.167. The molecule has 266 valence electrons. The van der Waals surface area contributed by atoms with E-state index in [0.717, 1.165) is 16.2 Å². The van der Waals surface area contributed by atoms with Crippen molar-refractivity contribution >= 4 is 41.0 Å². The van der Waals surface area contributed by atoms with Crippen molar-refractivity contribution < 1.29 is 42.8 Å². The number of esters is 2. The van der Waals surface area contributed by atoms with Crippen LogP contribution in [0.4, 0.5) is 4.39 Å². The van der Waals surface area contributed by atoms with Gasteiger partial charge in [0.1, 0.15) is 17.4 Å². The average molecular weight is 751 g/mol. The second-order valence-electron chi connectivity index (χ2n) is 11.3. The van der Waals surface area contributed by atoms with Gasteiger partial charge in [-0.25, -0.2) is 14.4 Å². The van der Waals surface area contributed by atoms with Crippen LogP contribution in [0, 0.1) is 5.82 Å². The summed E-state index contributed by atoms with van der Waals surface area (Å²) >= 11 is 12.1. The Morgan fingerprint density at radius 3 is 2.31 bits per heavy atom. The number of hydrogen-bond donors (Lipinski definition) is 1. The second kappa shape index (κ2) is 15.8. The molecule has 16 heteroatoms. The number of rotatable bonds is 10. The standard InChI is InChI=1S/C36H26Cl2FN3O10/c37-24-11-9-20(10-12-24)19-49-27-16-30(50-28(27)18-43)41-17-26(39)33(45)42(36(41)48)32(44)22-7-4-8-23(15-22)35(47)52-31-25(38)13-14-29(40-31)51-34(46)21-5-2-1-3-6-21/h1-15,17,27-28,30,43H,16,18-19H2/t27-,28+,30+/m0/s1. The third kappa shape index (κ3) is 8.01. The van der Waals surface area contributed by atoms with E-state index in [-0.39, 0.29) is 45.2 Å². The Bertz CT molecular complexity index is 2260. The second-order valence-corrected chi connectivity index (χ2v) is 12.1. The lowest BCUT2D eigenvalue weighted by atomic mass is 10.1. The Balaban J connectivity index is 1.20. The summed E-state index contributed by atoms with van der Waals surface area (Å²) in [6.45, 7) is -0.381. The minimum Gasteiger partial charge on any atom is -0.404 e. The molecule has 52 heavy (non-hydrogen) atoms. The smallest absolute Gasteiger partial charge is 0.344 e. The highest BCUT2D eigenvalue weighted by atomic mass is 35.5. The number of carbonyl (C=O) groups excluding carboxylic acids is 3. The molecule has 0 saturated carbocycles. The lowest BCUT2D eigenvalue weighted by molar-refractivity contribution is -0.0661. The van der Waals surface area contributed by atoms with Gasteiger partial charge >= 0.3 is 17.6 Å². The van der Waals surface area contributed by atoms with E-state index < -0.39 is 65.8 Å². The Hall–Kier alpha value is -5.51. The van der Waals surface area contributed by atoms with Crippen LogP contribution in [0.2, 0.25) is 10.0 Å². The van der Waals surface area contributed by atoms with Crippen LogP contribution in [0.1, 0.15) is 49.3 Å². The highest BCUT2D eigenvalue weighted by Gasteiger charge is 2.38. The number of carbonyl (C=O) groups is 3. The summed E-state index contributed by atoms with van der Waals surface area (Å²) in [5.74, 6) is -5.11. The van der Waals surface area contributed by atoms with Gasteiger partial charge in [0, 0.05) is 23.1 Å². The van der Waals surface area contributed by atoms with E-state index in [0.29, 0.717) is 11.2 Å². The number of benzene rings is 3. The normalized spacial score (nSPS) is 16.7. The van der Waals surface area contributed by atoms with E-state index in [1.807, 2.05) is 0 Å². The largest absolute Gasteiger partial charge is 0.404 e. The highest BCUT2D eigenvalue weighted by Crippen LogP contribution is 2.31. The number of halogens is 3. The minimum absolute atomic E-state index is 0.0326. The molecule has 0 unspecified atom stereocenters. The molecule has 0 bridgehead atoms. The summed E-state index contributed by atoms with van der Waals surface area (Å²) in [5.41, 5.74) is -2.33. The maximum Gasteiger partial charge on any atom is 0.344 e. The number of aliphatic hydroxyl groups is 1. The van der Waals surface area contributed by atoms with Crippen LogP contribution in [-0.2, 0) is 16.1 Å². The molecular weight excluding hydrogens is 724 g/mol. The van der Waals surface area contributed by atoms with Gasteiger partial charge in [-0.15, -0.1) is 0 Å². The van der Waals surface area contributed by atoms with Crippen molar-refractivity contribution in [3.63, 3.8) is 0 Å². The van der Waals surface area contributed by atoms with E-state index in [1.165, 1.54) is 42.5 Å². The number of hydrogen-bond acceptors (Lipinski definition) is 11. The zero-order valence-corrected chi connectivity index (χ0v) is 28.2. The molecule has 1 fully saturated rings. The summed E-state index contributed by atoms with van der Waals surface area (Å²) < 4.78 is 38.0. The molecule has 5 aromatic rings. The summed E-state index contributed by atoms with van der Waals surface area (Å²) in [4.78, 5) is 69.4. The SMILES string of the molecule is O=C(Oc1ccc(Cl)c(OC(=O)c2cccc(C(=O)n3c(=O)c(F)cn([C@H]4C[C@H](OCc5ccc(Cl)cc5)[C@@H](CO)O4)c3=O)c2)n1)c1ccccc1. The highest BCUT2D eigenvalue weighted by molar-refractivity contribution is 6.32. The first-order valence-electron chi connectivity index (χ1n) is 15.5. The summed E-state index contributed by atoms with van der Waals surface area (Å²) in [5, 5.41) is 10.3. The summed E-state index contributed by atoms with van der Waals surface area (Å²) in [7, 11) is 0. The number of aliphatic hydroxyl groups excluding tert-OH is 1. The van der Waals surface area contributed by atoms with Gasteiger partial charge in [0.05, 0.1) is 36.6 Å². The van der Waals surface area contributed by atoms with Crippen LogP contribution in [-0.4, -0.2) is 55.9 Å². The molecule has 0 amide bonds. The Labute approximate surface area is 303 Å². The van der Waals surface area contributed by atoms with Crippen LogP contribution in [0.25, 0.3) is 0 Å². The molecule has 1 aliphatic heterocycles.